The average molecular weight is 368 g/mol. The first-order valence-electron chi connectivity index (χ1n) is 8.03. The van der Waals surface area contributed by atoms with Crippen molar-refractivity contribution < 1.29 is 23.8 Å². The predicted octanol–water partition coefficient (Wildman–Crippen LogP) is 3.70. The predicted molar refractivity (Wildman–Crippen MR) is 94.6 cm³/mol. The molecule has 0 radical (unpaired) electrons. The van der Waals surface area contributed by atoms with Gasteiger partial charge in [0.1, 0.15) is 11.5 Å². The van der Waals surface area contributed by atoms with Crippen molar-refractivity contribution in [1.82, 2.24) is 5.32 Å². The molecule has 0 saturated carbocycles. The van der Waals surface area contributed by atoms with Crippen LogP contribution in [0.4, 0.5) is 4.79 Å². The number of carbonyl (C=O) groups excluding carboxylic acids is 2. The highest BCUT2D eigenvalue weighted by atomic mass is 35.5. The van der Waals surface area contributed by atoms with E-state index in [1.807, 2.05) is 6.92 Å². The van der Waals surface area contributed by atoms with E-state index in [1.165, 1.54) is 7.11 Å². The lowest BCUT2D eigenvalue weighted by Crippen LogP contribution is -2.39. The summed E-state index contributed by atoms with van der Waals surface area (Å²) < 4.78 is 15.7. The minimum Gasteiger partial charge on any atom is -0.496 e. The molecule has 6 nitrogen and oxygen atoms in total. The molecule has 0 aromatic heterocycles. The molecule has 0 unspecified atom stereocenters. The minimum absolute atomic E-state index is 0.174. The van der Waals surface area contributed by atoms with Gasteiger partial charge in [0.25, 0.3) is 5.91 Å². The molecule has 0 atom stereocenters. The molecule has 0 fully saturated rings. The van der Waals surface area contributed by atoms with Gasteiger partial charge in [0.05, 0.1) is 24.8 Å². The van der Waals surface area contributed by atoms with Gasteiger partial charge in [-0.15, -0.1) is 0 Å². The SMILES string of the molecule is CCOC(=O)OC1=C(c2c(CC)cc(Cl)cc2OC)C(=O)NC1(C)C. The fourth-order valence-electron chi connectivity index (χ4n) is 2.81. The Morgan fingerprint density at radius 3 is 2.52 bits per heavy atom. The Kier molecular flexibility index (Phi) is 5.62. The highest BCUT2D eigenvalue weighted by molar-refractivity contribution is 6.31. The van der Waals surface area contributed by atoms with E-state index in [-0.39, 0.29) is 23.8 Å². The van der Waals surface area contributed by atoms with Crippen molar-refractivity contribution in [3.05, 3.63) is 34.0 Å². The maximum Gasteiger partial charge on any atom is 0.513 e. The van der Waals surface area contributed by atoms with Gasteiger partial charge >= 0.3 is 6.16 Å². The van der Waals surface area contributed by atoms with Crippen LogP contribution in [-0.4, -0.2) is 31.3 Å². The van der Waals surface area contributed by atoms with Crippen LogP contribution < -0.4 is 10.1 Å². The number of aryl methyl sites for hydroxylation is 1. The van der Waals surface area contributed by atoms with Crippen LogP contribution >= 0.6 is 11.6 Å². The van der Waals surface area contributed by atoms with Crippen molar-refractivity contribution in [3.63, 3.8) is 0 Å². The number of rotatable bonds is 5. The Morgan fingerprint density at radius 1 is 1.28 bits per heavy atom. The summed E-state index contributed by atoms with van der Waals surface area (Å²) in [4.78, 5) is 24.5. The van der Waals surface area contributed by atoms with E-state index >= 15 is 0 Å². The number of ether oxygens (including phenoxy) is 3. The Balaban J connectivity index is 2.71. The first kappa shape index (κ1) is 19.1. The number of nitrogens with one attached hydrogen (secondary N) is 1. The van der Waals surface area contributed by atoms with Crippen LogP contribution in [0, 0.1) is 0 Å². The molecule has 0 aliphatic carbocycles. The van der Waals surface area contributed by atoms with Crippen LogP contribution in [0.2, 0.25) is 5.02 Å². The zero-order valence-corrected chi connectivity index (χ0v) is 15.7. The number of benzene rings is 1. The van der Waals surface area contributed by atoms with E-state index in [4.69, 9.17) is 25.8 Å². The molecule has 1 amide bonds. The van der Waals surface area contributed by atoms with Gasteiger partial charge in [-0.1, -0.05) is 18.5 Å². The third kappa shape index (κ3) is 3.74. The van der Waals surface area contributed by atoms with E-state index in [9.17, 15) is 9.59 Å². The molecule has 1 heterocycles. The largest absolute Gasteiger partial charge is 0.513 e. The average Bonchev–Trinajstić information content (AvgIpc) is 2.75. The van der Waals surface area contributed by atoms with Crippen molar-refractivity contribution in [2.24, 2.45) is 0 Å². The number of amides is 1. The van der Waals surface area contributed by atoms with Gasteiger partial charge in [-0.25, -0.2) is 4.79 Å². The lowest BCUT2D eigenvalue weighted by Gasteiger charge is -2.21. The lowest BCUT2D eigenvalue weighted by atomic mass is 9.93. The molecule has 7 heteroatoms. The summed E-state index contributed by atoms with van der Waals surface area (Å²) >= 11 is 6.14. The molecule has 0 spiro atoms. The molecule has 136 valence electrons. The van der Waals surface area contributed by atoms with Gasteiger partial charge in [-0.3, -0.25) is 4.79 Å². The summed E-state index contributed by atoms with van der Waals surface area (Å²) in [5.74, 6) is 0.294. The second-order valence-electron chi connectivity index (χ2n) is 6.06. The summed E-state index contributed by atoms with van der Waals surface area (Å²) in [6.45, 7) is 7.30. The molecule has 25 heavy (non-hydrogen) atoms. The Hall–Kier alpha value is -2.21. The van der Waals surface area contributed by atoms with Crippen molar-refractivity contribution in [1.29, 1.82) is 0 Å². The molecule has 1 aliphatic rings. The monoisotopic (exact) mass is 367 g/mol. The fraction of sp³-hybridized carbons (Fsp3) is 0.444. The van der Waals surface area contributed by atoms with E-state index in [0.29, 0.717) is 22.8 Å². The third-order valence-corrected chi connectivity index (χ3v) is 4.11. The fourth-order valence-corrected chi connectivity index (χ4v) is 3.05. The highest BCUT2D eigenvalue weighted by Crippen LogP contribution is 2.41. The molecule has 1 aliphatic heterocycles. The number of hydrogen-bond donors (Lipinski definition) is 1. The summed E-state index contributed by atoms with van der Waals surface area (Å²) in [5, 5.41) is 3.33. The van der Waals surface area contributed by atoms with Gasteiger partial charge in [-0.2, -0.15) is 0 Å². The number of halogens is 1. The standard InChI is InChI=1S/C18H22ClNO5/c1-6-10-8-11(19)9-12(23-5)13(10)14-15(25-17(22)24-7-2)18(3,4)20-16(14)21/h8-9H,6-7H2,1-5H3,(H,20,21). The second kappa shape index (κ2) is 7.35. The summed E-state index contributed by atoms with van der Waals surface area (Å²) in [5.41, 5.74) is 0.770. The van der Waals surface area contributed by atoms with Crippen LogP contribution in [-0.2, 0) is 20.7 Å². The molecule has 2 rings (SSSR count). The maximum atomic E-state index is 12.7. The molecular weight excluding hydrogens is 346 g/mol. The van der Waals surface area contributed by atoms with Crippen molar-refractivity contribution in [3.8, 4) is 5.75 Å². The van der Waals surface area contributed by atoms with Crippen LogP contribution in [0.15, 0.2) is 17.9 Å². The molecule has 0 saturated heterocycles. The van der Waals surface area contributed by atoms with Gasteiger partial charge < -0.3 is 19.5 Å². The Bertz CT molecular complexity index is 714. The molecule has 0 bridgehead atoms. The third-order valence-electron chi connectivity index (χ3n) is 3.89. The quantitative estimate of drug-likeness (QED) is 0.803. The Labute approximate surface area is 152 Å². The van der Waals surface area contributed by atoms with Crippen LogP contribution in [0.25, 0.3) is 5.57 Å². The van der Waals surface area contributed by atoms with Gasteiger partial charge in [-0.05, 0) is 44.9 Å². The molecular formula is C18H22ClNO5. The van der Waals surface area contributed by atoms with Crippen LogP contribution in [0.5, 0.6) is 5.75 Å². The van der Waals surface area contributed by atoms with E-state index in [1.54, 1.807) is 32.9 Å². The van der Waals surface area contributed by atoms with E-state index in [0.717, 1.165) is 5.56 Å². The lowest BCUT2D eigenvalue weighted by molar-refractivity contribution is -0.116. The molecule has 1 aromatic carbocycles. The Morgan fingerprint density at radius 2 is 1.96 bits per heavy atom. The van der Waals surface area contributed by atoms with Crippen molar-refractivity contribution in [2.45, 2.75) is 39.7 Å². The minimum atomic E-state index is -0.866. The second-order valence-corrected chi connectivity index (χ2v) is 6.50. The first-order valence-corrected chi connectivity index (χ1v) is 8.41. The summed E-state index contributed by atoms with van der Waals surface area (Å²) in [6.07, 6.45) is -0.235. The molecule has 1 aromatic rings. The zero-order valence-electron chi connectivity index (χ0n) is 15.0. The number of methoxy groups -OCH3 is 1. The normalized spacial score (nSPS) is 15.8. The number of carbonyl (C=O) groups is 2. The van der Waals surface area contributed by atoms with Crippen LogP contribution in [0.3, 0.4) is 0 Å². The van der Waals surface area contributed by atoms with Crippen molar-refractivity contribution >= 4 is 29.2 Å². The van der Waals surface area contributed by atoms with Crippen molar-refractivity contribution in [2.75, 3.05) is 13.7 Å². The first-order chi connectivity index (χ1) is 11.7. The highest BCUT2D eigenvalue weighted by Gasteiger charge is 2.43. The smallest absolute Gasteiger partial charge is 0.496 e. The van der Waals surface area contributed by atoms with Crippen LogP contribution in [0.1, 0.15) is 38.8 Å². The zero-order chi connectivity index (χ0) is 18.8. The van der Waals surface area contributed by atoms with Gasteiger partial charge in [0.2, 0.25) is 0 Å². The summed E-state index contributed by atoms with van der Waals surface area (Å²) in [7, 11) is 1.50. The summed E-state index contributed by atoms with van der Waals surface area (Å²) in [6, 6.07) is 3.40. The van der Waals surface area contributed by atoms with Gasteiger partial charge in [0.15, 0.2) is 0 Å². The topological polar surface area (TPSA) is 73.9 Å². The molecule has 1 N–H and O–H groups in total. The van der Waals surface area contributed by atoms with E-state index in [2.05, 4.69) is 5.32 Å². The number of hydrogen-bond acceptors (Lipinski definition) is 5. The van der Waals surface area contributed by atoms with Gasteiger partial charge in [0, 0.05) is 10.6 Å². The maximum absolute atomic E-state index is 12.7. The van der Waals surface area contributed by atoms with E-state index < -0.39 is 11.7 Å².